The van der Waals surface area contributed by atoms with Gasteiger partial charge in [-0.2, -0.15) is 17.2 Å². The van der Waals surface area contributed by atoms with E-state index >= 15 is 0 Å². The first kappa shape index (κ1) is 17.4. The standard InChI is InChI=1S/C6H6F8O3S/c7-1(2(8)4(10)11)3(9)6(13,14)5(12)18(15,16)17/h1-5H,(H,15,16,17). The van der Waals surface area contributed by atoms with Crippen molar-refractivity contribution < 1.29 is 48.1 Å². The number of hydrogen-bond donors (Lipinski definition) is 1. The van der Waals surface area contributed by atoms with E-state index in [1.165, 1.54) is 0 Å². The lowest BCUT2D eigenvalue weighted by Crippen LogP contribution is -2.51. The van der Waals surface area contributed by atoms with E-state index in [0.29, 0.717) is 0 Å². The average Bonchev–Trinajstić information content (AvgIpc) is 2.23. The minimum Gasteiger partial charge on any atom is -0.283 e. The molecule has 0 amide bonds. The molecular formula is C6H6F8O3S. The Kier molecular flexibility index (Phi) is 5.35. The minimum atomic E-state index is -6.12. The molecule has 0 radical (unpaired) electrons. The molecule has 0 aliphatic carbocycles. The monoisotopic (exact) mass is 310 g/mol. The molecule has 18 heavy (non-hydrogen) atoms. The van der Waals surface area contributed by atoms with Gasteiger partial charge in [0.05, 0.1) is 0 Å². The summed E-state index contributed by atoms with van der Waals surface area (Å²) in [6, 6.07) is 0. The summed E-state index contributed by atoms with van der Waals surface area (Å²) in [7, 11) is -6.12. The van der Waals surface area contributed by atoms with Crippen LogP contribution in [-0.4, -0.2) is 49.3 Å². The molecule has 0 fully saturated rings. The Balaban J connectivity index is 5.13. The smallest absolute Gasteiger partial charge is 0.283 e. The fraction of sp³-hybridized carbons (Fsp3) is 1.00. The Hall–Kier alpha value is -0.650. The van der Waals surface area contributed by atoms with Gasteiger partial charge in [0.15, 0.2) is 12.3 Å². The first-order chi connectivity index (χ1) is 7.83. The van der Waals surface area contributed by atoms with Crippen molar-refractivity contribution in [2.45, 2.75) is 36.4 Å². The SMILES string of the molecule is O=S(=O)(O)C(F)C(F)(F)C(F)C(F)C(F)C(F)F. The number of alkyl halides is 8. The van der Waals surface area contributed by atoms with Crippen molar-refractivity contribution in [2.24, 2.45) is 0 Å². The van der Waals surface area contributed by atoms with Crippen molar-refractivity contribution in [1.29, 1.82) is 0 Å². The van der Waals surface area contributed by atoms with Gasteiger partial charge in [-0.25, -0.2) is 26.3 Å². The highest BCUT2D eigenvalue weighted by atomic mass is 32.2. The van der Waals surface area contributed by atoms with Crippen LogP contribution in [0.25, 0.3) is 0 Å². The van der Waals surface area contributed by atoms with E-state index in [4.69, 9.17) is 4.55 Å². The Bertz CT molecular complexity index is 371. The van der Waals surface area contributed by atoms with Crippen molar-refractivity contribution in [3.8, 4) is 0 Å². The predicted octanol–water partition coefficient (Wildman–Crippen LogP) is 2.08. The van der Waals surface area contributed by atoms with Crippen LogP contribution in [0, 0.1) is 0 Å². The molecule has 0 spiro atoms. The van der Waals surface area contributed by atoms with Crippen LogP contribution in [-0.2, 0) is 10.1 Å². The molecule has 0 aliphatic heterocycles. The summed E-state index contributed by atoms with van der Waals surface area (Å²) in [5, 5.41) is 0. The summed E-state index contributed by atoms with van der Waals surface area (Å²) < 4.78 is 126. The highest BCUT2D eigenvalue weighted by molar-refractivity contribution is 7.86. The first-order valence-electron chi connectivity index (χ1n) is 4.02. The van der Waals surface area contributed by atoms with E-state index in [9.17, 15) is 43.5 Å². The Morgan fingerprint density at radius 1 is 0.889 bits per heavy atom. The van der Waals surface area contributed by atoms with Gasteiger partial charge in [0.2, 0.25) is 6.17 Å². The molecule has 0 saturated heterocycles. The van der Waals surface area contributed by atoms with Gasteiger partial charge in [-0.05, 0) is 0 Å². The molecule has 3 nitrogen and oxygen atoms in total. The van der Waals surface area contributed by atoms with Crippen LogP contribution in [0.3, 0.4) is 0 Å². The highest BCUT2D eigenvalue weighted by Gasteiger charge is 2.60. The number of rotatable bonds is 6. The van der Waals surface area contributed by atoms with E-state index < -0.39 is 46.5 Å². The minimum absolute atomic E-state index is 4.00. The first-order valence-corrected chi connectivity index (χ1v) is 5.52. The molecule has 110 valence electrons. The predicted molar refractivity (Wildman–Crippen MR) is 42.1 cm³/mol. The Morgan fingerprint density at radius 2 is 1.28 bits per heavy atom. The fourth-order valence-electron chi connectivity index (χ4n) is 0.836. The van der Waals surface area contributed by atoms with Gasteiger partial charge >= 0.3 is 16.0 Å². The molecule has 0 aliphatic rings. The van der Waals surface area contributed by atoms with E-state index in [1.807, 2.05) is 0 Å². The van der Waals surface area contributed by atoms with Crippen molar-refractivity contribution in [1.82, 2.24) is 0 Å². The number of hydrogen-bond acceptors (Lipinski definition) is 2. The summed E-state index contributed by atoms with van der Waals surface area (Å²) in [5.74, 6) is -5.73. The van der Waals surface area contributed by atoms with Crippen LogP contribution in [0.15, 0.2) is 0 Å². The molecule has 0 bridgehead atoms. The van der Waals surface area contributed by atoms with Crippen LogP contribution >= 0.6 is 0 Å². The van der Waals surface area contributed by atoms with Gasteiger partial charge in [0.25, 0.3) is 11.9 Å². The quantitative estimate of drug-likeness (QED) is 0.604. The van der Waals surface area contributed by atoms with Crippen LogP contribution in [0.5, 0.6) is 0 Å². The van der Waals surface area contributed by atoms with Crippen molar-refractivity contribution in [3.63, 3.8) is 0 Å². The second-order valence-corrected chi connectivity index (χ2v) is 4.57. The van der Waals surface area contributed by atoms with Crippen LogP contribution < -0.4 is 0 Å². The summed E-state index contributed by atoms with van der Waals surface area (Å²) in [5.41, 5.74) is -4.61. The maximum atomic E-state index is 12.7. The molecule has 0 saturated carbocycles. The lowest BCUT2D eigenvalue weighted by atomic mass is 10.1. The molecule has 0 rings (SSSR count). The van der Waals surface area contributed by atoms with Crippen LogP contribution in [0.1, 0.15) is 0 Å². The van der Waals surface area contributed by atoms with Crippen molar-refractivity contribution in [3.05, 3.63) is 0 Å². The fourth-order valence-corrected chi connectivity index (χ4v) is 1.36. The molecule has 4 unspecified atom stereocenters. The van der Waals surface area contributed by atoms with Gasteiger partial charge in [0.1, 0.15) is 0 Å². The zero-order chi connectivity index (χ0) is 14.9. The second-order valence-electron chi connectivity index (χ2n) is 3.13. The van der Waals surface area contributed by atoms with Gasteiger partial charge in [-0.15, -0.1) is 0 Å². The molecule has 0 heterocycles. The average molecular weight is 310 g/mol. The topological polar surface area (TPSA) is 54.4 Å². The molecule has 0 aromatic heterocycles. The third kappa shape index (κ3) is 3.67. The highest BCUT2D eigenvalue weighted by Crippen LogP contribution is 2.35. The van der Waals surface area contributed by atoms with Gasteiger partial charge < -0.3 is 0 Å². The molecule has 12 heteroatoms. The Morgan fingerprint density at radius 3 is 1.56 bits per heavy atom. The zero-order valence-electron chi connectivity index (χ0n) is 8.08. The van der Waals surface area contributed by atoms with Crippen molar-refractivity contribution in [2.75, 3.05) is 0 Å². The zero-order valence-corrected chi connectivity index (χ0v) is 8.90. The largest absolute Gasteiger partial charge is 0.328 e. The third-order valence-corrected chi connectivity index (χ3v) is 2.59. The lowest BCUT2D eigenvalue weighted by Gasteiger charge is -2.25. The molecule has 4 atom stereocenters. The second kappa shape index (κ2) is 5.55. The molecule has 0 aromatic rings. The summed E-state index contributed by atoms with van der Waals surface area (Å²) in [4.78, 5) is 0. The lowest BCUT2D eigenvalue weighted by molar-refractivity contribution is -0.146. The van der Waals surface area contributed by atoms with Gasteiger partial charge in [-0.3, -0.25) is 4.55 Å². The maximum absolute atomic E-state index is 12.7. The number of halogens is 8. The normalized spacial score (nSPS) is 20.6. The summed E-state index contributed by atoms with van der Waals surface area (Å²) >= 11 is 0. The van der Waals surface area contributed by atoms with Gasteiger partial charge in [-0.1, -0.05) is 0 Å². The third-order valence-electron chi connectivity index (χ3n) is 1.76. The van der Waals surface area contributed by atoms with E-state index in [-0.39, 0.29) is 0 Å². The Labute approximate surface area is 95.5 Å². The van der Waals surface area contributed by atoms with Crippen molar-refractivity contribution >= 4 is 10.1 Å². The maximum Gasteiger partial charge on any atom is 0.328 e. The van der Waals surface area contributed by atoms with Crippen LogP contribution in [0.4, 0.5) is 35.1 Å². The van der Waals surface area contributed by atoms with E-state index in [1.54, 1.807) is 0 Å². The van der Waals surface area contributed by atoms with E-state index in [0.717, 1.165) is 0 Å². The van der Waals surface area contributed by atoms with E-state index in [2.05, 4.69) is 0 Å². The molecular weight excluding hydrogens is 304 g/mol. The molecule has 1 N–H and O–H groups in total. The summed E-state index contributed by atoms with van der Waals surface area (Å²) in [6.07, 6.45) is -16.9. The summed E-state index contributed by atoms with van der Waals surface area (Å²) in [6.45, 7) is 0. The van der Waals surface area contributed by atoms with Crippen LogP contribution in [0.2, 0.25) is 0 Å². The van der Waals surface area contributed by atoms with Gasteiger partial charge in [0, 0.05) is 0 Å². The molecule has 0 aromatic carbocycles.